The third-order valence-corrected chi connectivity index (χ3v) is 5.33. The molecule has 0 amide bonds. The van der Waals surface area contributed by atoms with Gasteiger partial charge in [0.2, 0.25) is 0 Å². The summed E-state index contributed by atoms with van der Waals surface area (Å²) < 4.78 is 16.5. The summed E-state index contributed by atoms with van der Waals surface area (Å²) >= 11 is 10.0. The van der Waals surface area contributed by atoms with Crippen LogP contribution in [0.2, 0.25) is 5.02 Å². The molecule has 0 unspecified atom stereocenters. The third-order valence-electron chi connectivity index (χ3n) is 3.78. The molecule has 1 heterocycles. The summed E-state index contributed by atoms with van der Waals surface area (Å²) in [6.45, 7) is 0. The molecule has 0 saturated heterocycles. The number of ether oxygens (including phenoxy) is 2. The van der Waals surface area contributed by atoms with Crippen molar-refractivity contribution in [2.24, 2.45) is 0 Å². The van der Waals surface area contributed by atoms with Crippen molar-refractivity contribution in [2.75, 3.05) is 14.2 Å². The Morgan fingerprint density at radius 1 is 1.20 bits per heavy atom. The number of rotatable bonds is 7. The Hall–Kier alpha value is -2.69. The highest BCUT2D eigenvalue weighted by Crippen LogP contribution is 2.38. The SMILES string of the molecule is COc1ccc(Cl)cc1-c1nnc(S/C(=C\c2cc(Br)cc(OC)c2O)C(=O)O)o1. The second-order valence-corrected chi connectivity index (χ2v) is 8.02. The van der Waals surface area contributed by atoms with Crippen molar-refractivity contribution in [1.82, 2.24) is 10.2 Å². The van der Waals surface area contributed by atoms with E-state index >= 15 is 0 Å². The molecule has 0 bridgehead atoms. The average molecular weight is 514 g/mol. The number of aliphatic carboxylic acids is 1. The van der Waals surface area contributed by atoms with Gasteiger partial charge in [-0.05, 0) is 48.2 Å². The molecule has 2 aromatic carbocycles. The molecule has 8 nitrogen and oxygen atoms in total. The Labute approximate surface area is 188 Å². The van der Waals surface area contributed by atoms with Crippen LogP contribution in [0.4, 0.5) is 0 Å². The minimum Gasteiger partial charge on any atom is -0.504 e. The summed E-state index contributed by atoms with van der Waals surface area (Å²) in [5, 5.41) is 28.1. The van der Waals surface area contributed by atoms with E-state index in [1.807, 2.05) is 0 Å². The van der Waals surface area contributed by atoms with E-state index in [2.05, 4.69) is 26.1 Å². The minimum atomic E-state index is -1.24. The number of nitrogens with zero attached hydrogens (tertiary/aromatic N) is 2. The maximum Gasteiger partial charge on any atom is 0.342 e. The maximum atomic E-state index is 11.7. The Morgan fingerprint density at radius 2 is 1.93 bits per heavy atom. The second-order valence-electron chi connectivity index (χ2n) is 5.68. The molecule has 156 valence electrons. The highest BCUT2D eigenvalue weighted by atomic mass is 79.9. The van der Waals surface area contributed by atoms with Crippen molar-refractivity contribution in [3.05, 3.63) is 50.3 Å². The van der Waals surface area contributed by atoms with Crippen molar-refractivity contribution in [3.63, 3.8) is 0 Å². The first-order valence-electron chi connectivity index (χ1n) is 8.19. The first-order valence-corrected chi connectivity index (χ1v) is 10.2. The Bertz CT molecular complexity index is 1130. The molecule has 0 atom stereocenters. The standard InChI is InChI=1S/C19H14BrClN2O6S/c1-27-13-4-3-11(21)8-12(13)17-22-23-19(29-17)30-15(18(25)26)6-9-5-10(20)7-14(28-2)16(9)24/h3-8,24H,1-2H3,(H,25,26)/b15-6-. The number of carboxylic acids is 1. The summed E-state index contributed by atoms with van der Waals surface area (Å²) in [5.74, 6) is -0.653. The van der Waals surface area contributed by atoms with E-state index in [0.29, 0.717) is 20.8 Å². The molecule has 1 aromatic heterocycles. The number of aromatic nitrogens is 2. The van der Waals surface area contributed by atoms with Gasteiger partial charge in [0.05, 0.1) is 19.8 Å². The van der Waals surface area contributed by atoms with Gasteiger partial charge >= 0.3 is 5.97 Å². The number of hydrogen-bond donors (Lipinski definition) is 2. The zero-order chi connectivity index (χ0) is 21.8. The number of benzene rings is 2. The molecule has 30 heavy (non-hydrogen) atoms. The van der Waals surface area contributed by atoms with Crippen LogP contribution in [-0.2, 0) is 4.79 Å². The fourth-order valence-electron chi connectivity index (χ4n) is 2.44. The maximum absolute atomic E-state index is 11.7. The third kappa shape index (κ3) is 4.89. The van der Waals surface area contributed by atoms with Crippen LogP contribution < -0.4 is 9.47 Å². The number of phenols is 1. The first kappa shape index (κ1) is 22.0. The van der Waals surface area contributed by atoms with E-state index in [1.165, 1.54) is 20.3 Å². The molecule has 11 heteroatoms. The van der Waals surface area contributed by atoms with Crippen LogP contribution in [0.15, 0.2) is 49.3 Å². The fraction of sp³-hybridized carbons (Fsp3) is 0.105. The van der Waals surface area contributed by atoms with Crippen molar-refractivity contribution in [2.45, 2.75) is 5.22 Å². The molecule has 0 aliphatic rings. The van der Waals surface area contributed by atoms with Crippen LogP contribution in [0.25, 0.3) is 17.5 Å². The summed E-state index contributed by atoms with van der Waals surface area (Å²) in [7, 11) is 2.88. The topological polar surface area (TPSA) is 115 Å². The molecule has 0 aliphatic heterocycles. The lowest BCUT2D eigenvalue weighted by molar-refractivity contribution is -0.131. The van der Waals surface area contributed by atoms with Gasteiger partial charge in [-0.15, -0.1) is 10.2 Å². The molecule has 2 N–H and O–H groups in total. The van der Waals surface area contributed by atoms with E-state index in [-0.39, 0.29) is 33.1 Å². The molecule has 0 saturated carbocycles. The van der Waals surface area contributed by atoms with Crippen molar-refractivity contribution in [3.8, 4) is 28.7 Å². The van der Waals surface area contributed by atoms with Gasteiger partial charge in [0, 0.05) is 15.1 Å². The molecule has 0 radical (unpaired) electrons. The first-order chi connectivity index (χ1) is 14.3. The van der Waals surface area contributed by atoms with Crippen LogP contribution in [0.5, 0.6) is 17.2 Å². The van der Waals surface area contributed by atoms with Gasteiger partial charge in [-0.3, -0.25) is 0 Å². The van der Waals surface area contributed by atoms with Gasteiger partial charge in [0.25, 0.3) is 11.1 Å². The Morgan fingerprint density at radius 3 is 2.60 bits per heavy atom. The van der Waals surface area contributed by atoms with Crippen LogP contribution in [0.1, 0.15) is 5.56 Å². The number of halogens is 2. The minimum absolute atomic E-state index is 0.0119. The molecule has 0 fully saturated rings. The number of thioether (sulfide) groups is 1. The van der Waals surface area contributed by atoms with Crippen molar-refractivity contribution < 1.29 is 28.9 Å². The van der Waals surface area contributed by atoms with Gasteiger partial charge in [-0.1, -0.05) is 27.5 Å². The van der Waals surface area contributed by atoms with E-state index in [4.69, 9.17) is 25.5 Å². The summed E-state index contributed by atoms with van der Waals surface area (Å²) in [5.41, 5.74) is 0.710. The van der Waals surface area contributed by atoms with Crippen LogP contribution in [0.3, 0.4) is 0 Å². The highest BCUT2D eigenvalue weighted by molar-refractivity contribution is 9.10. The number of hydrogen-bond acceptors (Lipinski definition) is 8. The summed E-state index contributed by atoms with van der Waals surface area (Å²) in [6, 6.07) is 8.02. The number of phenolic OH excluding ortho intramolecular Hbond substituents is 1. The quantitative estimate of drug-likeness (QED) is 0.329. The zero-order valence-corrected chi connectivity index (χ0v) is 18.7. The molecule has 3 aromatic rings. The fourth-order valence-corrected chi connectivity index (χ4v) is 3.73. The molecular weight excluding hydrogens is 500 g/mol. The van der Waals surface area contributed by atoms with E-state index in [9.17, 15) is 15.0 Å². The predicted molar refractivity (Wildman–Crippen MR) is 115 cm³/mol. The van der Waals surface area contributed by atoms with Gasteiger partial charge in [-0.2, -0.15) is 0 Å². The van der Waals surface area contributed by atoms with Crippen LogP contribution >= 0.6 is 39.3 Å². The Kier molecular flexibility index (Phi) is 6.91. The largest absolute Gasteiger partial charge is 0.504 e. The number of carbonyl (C=O) groups is 1. The lowest BCUT2D eigenvalue weighted by Crippen LogP contribution is -1.97. The average Bonchev–Trinajstić information content (AvgIpc) is 3.18. The predicted octanol–water partition coefficient (Wildman–Crippen LogP) is 5.09. The van der Waals surface area contributed by atoms with Crippen molar-refractivity contribution in [1.29, 1.82) is 0 Å². The smallest absolute Gasteiger partial charge is 0.342 e. The Balaban J connectivity index is 1.95. The summed E-state index contributed by atoms with van der Waals surface area (Å²) in [4.78, 5) is 11.6. The van der Waals surface area contributed by atoms with Gasteiger partial charge in [-0.25, -0.2) is 4.79 Å². The zero-order valence-electron chi connectivity index (χ0n) is 15.6. The van der Waals surface area contributed by atoms with E-state index in [0.717, 1.165) is 11.8 Å². The number of methoxy groups -OCH3 is 2. The highest BCUT2D eigenvalue weighted by Gasteiger charge is 2.19. The number of carboxylic acid groups (broad SMARTS) is 1. The number of aromatic hydroxyl groups is 1. The van der Waals surface area contributed by atoms with E-state index < -0.39 is 5.97 Å². The summed E-state index contributed by atoms with van der Waals surface area (Å²) in [6.07, 6.45) is 1.28. The van der Waals surface area contributed by atoms with Crippen LogP contribution in [-0.4, -0.2) is 40.6 Å². The monoisotopic (exact) mass is 512 g/mol. The molecule has 0 aliphatic carbocycles. The van der Waals surface area contributed by atoms with Gasteiger partial charge in [0.15, 0.2) is 11.5 Å². The van der Waals surface area contributed by atoms with Gasteiger partial charge in [0.1, 0.15) is 10.7 Å². The van der Waals surface area contributed by atoms with Gasteiger partial charge < -0.3 is 24.1 Å². The lowest BCUT2D eigenvalue weighted by atomic mass is 10.1. The van der Waals surface area contributed by atoms with Crippen molar-refractivity contribution >= 4 is 51.3 Å². The van der Waals surface area contributed by atoms with Crippen LogP contribution in [0, 0.1) is 0 Å². The molecule has 3 rings (SSSR count). The van der Waals surface area contributed by atoms with E-state index in [1.54, 1.807) is 30.3 Å². The second kappa shape index (κ2) is 9.41. The molecular formula is C19H14BrClN2O6S. The normalized spacial score (nSPS) is 11.4. The molecule has 0 spiro atoms. The lowest BCUT2D eigenvalue weighted by Gasteiger charge is -2.08.